The van der Waals surface area contributed by atoms with Crippen LogP contribution in [0, 0.1) is 0 Å². The molecule has 0 radical (unpaired) electrons. The Kier molecular flexibility index (Phi) is 3.78. The van der Waals surface area contributed by atoms with E-state index in [-0.39, 0.29) is 12.1 Å². The minimum absolute atomic E-state index is 0.276. The molecule has 14 heavy (non-hydrogen) atoms. The monoisotopic (exact) mass is 205 g/mol. The van der Waals surface area contributed by atoms with E-state index in [4.69, 9.17) is 13.6 Å². The third-order valence-corrected chi connectivity index (χ3v) is 1.66. The van der Waals surface area contributed by atoms with Crippen molar-refractivity contribution in [2.24, 2.45) is 0 Å². The molecule has 0 fully saturated rings. The van der Waals surface area contributed by atoms with Crippen LogP contribution < -0.4 is 0 Å². The molecule has 0 spiro atoms. The van der Waals surface area contributed by atoms with E-state index in [9.17, 15) is 9.59 Å². The first kappa shape index (κ1) is 8.26. The van der Waals surface area contributed by atoms with Gasteiger partial charge in [0.15, 0.2) is 0 Å². The van der Waals surface area contributed by atoms with Gasteiger partial charge in [-0.05, 0) is 26.7 Å². The van der Waals surface area contributed by atoms with Crippen molar-refractivity contribution in [2.45, 2.75) is 52.7 Å². The lowest BCUT2D eigenvalue weighted by atomic mass is 10.1. The number of hydrogen-bond acceptors (Lipinski definition) is 4. The second kappa shape index (κ2) is 6.40. The third-order valence-electron chi connectivity index (χ3n) is 1.66. The zero-order valence-corrected chi connectivity index (χ0v) is 8.70. The van der Waals surface area contributed by atoms with Gasteiger partial charge in [-0.3, -0.25) is 9.59 Å². The van der Waals surface area contributed by atoms with Crippen molar-refractivity contribution in [1.82, 2.24) is 0 Å². The molecule has 0 rings (SSSR count). The van der Waals surface area contributed by atoms with Crippen LogP contribution in [0.2, 0.25) is 0 Å². The molecule has 0 aromatic rings. The van der Waals surface area contributed by atoms with Gasteiger partial charge < -0.3 is 9.47 Å². The SMILES string of the molecule is [2H]C([2H])([2H])C(=O)O[C@@H](C)CC[C@@H](C)OC(C)=O. The lowest BCUT2D eigenvalue weighted by molar-refractivity contribution is -0.149. The molecule has 0 aliphatic rings. The zero-order chi connectivity index (χ0) is 13.6. The standard InChI is InChI=1S/C10H18O4/c1-7(13-9(3)11)5-6-8(2)14-10(4)12/h7-8H,5-6H2,1-4H3/t7-,8+/i3D3/m0/s1. The average molecular weight is 205 g/mol. The lowest BCUT2D eigenvalue weighted by Gasteiger charge is -2.15. The van der Waals surface area contributed by atoms with Crippen molar-refractivity contribution in [2.75, 3.05) is 0 Å². The largest absolute Gasteiger partial charge is 0.463 e. The Bertz CT molecular complexity index is 275. The number of carbonyl (C=O) groups is 2. The minimum Gasteiger partial charge on any atom is -0.463 e. The molecule has 0 aliphatic heterocycles. The van der Waals surface area contributed by atoms with E-state index in [1.165, 1.54) is 6.92 Å². The molecule has 0 heterocycles. The molecule has 0 bridgehead atoms. The molecule has 4 nitrogen and oxygen atoms in total. The predicted molar refractivity (Wildman–Crippen MR) is 51.7 cm³/mol. The highest BCUT2D eigenvalue weighted by molar-refractivity contribution is 5.66. The van der Waals surface area contributed by atoms with E-state index >= 15 is 0 Å². The van der Waals surface area contributed by atoms with E-state index in [1.807, 2.05) is 0 Å². The van der Waals surface area contributed by atoms with Gasteiger partial charge in [-0.1, -0.05) is 0 Å². The van der Waals surface area contributed by atoms with E-state index in [0.29, 0.717) is 12.8 Å². The molecule has 82 valence electrons. The van der Waals surface area contributed by atoms with Crippen molar-refractivity contribution in [3.63, 3.8) is 0 Å². The summed E-state index contributed by atoms with van der Waals surface area (Å²) in [6.45, 7) is 1.91. The van der Waals surface area contributed by atoms with Crippen molar-refractivity contribution in [1.29, 1.82) is 0 Å². The molecule has 0 amide bonds. The van der Waals surface area contributed by atoms with Gasteiger partial charge in [-0.15, -0.1) is 0 Å². The third kappa shape index (κ3) is 7.58. The lowest BCUT2D eigenvalue weighted by Crippen LogP contribution is -2.17. The van der Waals surface area contributed by atoms with Crippen molar-refractivity contribution >= 4 is 11.9 Å². The fourth-order valence-electron chi connectivity index (χ4n) is 1.05. The zero-order valence-electron chi connectivity index (χ0n) is 11.7. The minimum atomic E-state index is -2.73. The second-order valence-corrected chi connectivity index (χ2v) is 3.21. The molecule has 0 aromatic heterocycles. The van der Waals surface area contributed by atoms with Crippen molar-refractivity contribution in [3.8, 4) is 0 Å². The molecule has 0 aliphatic carbocycles. The van der Waals surface area contributed by atoms with Gasteiger partial charge in [-0.25, -0.2) is 0 Å². The van der Waals surface area contributed by atoms with Gasteiger partial charge in [0.05, 0.1) is 12.2 Å². The quantitative estimate of drug-likeness (QED) is 0.641. The normalized spacial score (nSPS) is 18.4. The van der Waals surface area contributed by atoms with E-state index in [0.717, 1.165) is 0 Å². The maximum absolute atomic E-state index is 11.0. The summed E-state index contributed by atoms with van der Waals surface area (Å²) in [5.41, 5.74) is 0. The van der Waals surface area contributed by atoms with E-state index in [1.54, 1.807) is 13.8 Å². The molecular weight excluding hydrogens is 184 g/mol. The first-order valence-corrected chi connectivity index (χ1v) is 4.51. The number of hydrogen-bond donors (Lipinski definition) is 0. The Hall–Kier alpha value is -1.06. The van der Waals surface area contributed by atoms with Crippen molar-refractivity contribution in [3.05, 3.63) is 0 Å². The van der Waals surface area contributed by atoms with Crippen LogP contribution in [0.3, 0.4) is 0 Å². The van der Waals surface area contributed by atoms with Crippen LogP contribution in [-0.4, -0.2) is 24.1 Å². The summed E-state index contributed by atoms with van der Waals surface area (Å²) in [5, 5.41) is 0. The van der Waals surface area contributed by atoms with Crippen LogP contribution in [0.25, 0.3) is 0 Å². The maximum atomic E-state index is 11.0. The smallest absolute Gasteiger partial charge is 0.302 e. The molecule has 0 N–H and O–H groups in total. The van der Waals surface area contributed by atoms with Gasteiger partial charge in [-0.2, -0.15) is 0 Å². The molecule has 0 unspecified atom stereocenters. The Morgan fingerprint density at radius 3 is 1.93 bits per heavy atom. The fourth-order valence-corrected chi connectivity index (χ4v) is 1.05. The molecular formula is C10H18O4. The summed E-state index contributed by atoms with van der Waals surface area (Å²) in [5.74, 6) is -1.57. The van der Waals surface area contributed by atoms with Crippen LogP contribution in [0.15, 0.2) is 0 Å². The summed E-state index contributed by atoms with van der Waals surface area (Å²) >= 11 is 0. The Morgan fingerprint density at radius 1 is 1.14 bits per heavy atom. The summed E-state index contributed by atoms with van der Waals surface area (Å²) in [6.07, 6.45) is 0.160. The summed E-state index contributed by atoms with van der Waals surface area (Å²) in [6, 6.07) is 0. The van der Waals surface area contributed by atoms with Crippen molar-refractivity contribution < 1.29 is 23.2 Å². The molecule has 0 saturated heterocycles. The van der Waals surface area contributed by atoms with Gasteiger partial charge in [0.1, 0.15) is 0 Å². The summed E-state index contributed by atoms with van der Waals surface area (Å²) in [4.78, 5) is 21.7. The molecule has 0 saturated carbocycles. The number of carbonyl (C=O) groups excluding carboxylic acids is 2. The highest BCUT2D eigenvalue weighted by atomic mass is 16.5. The Balaban J connectivity index is 3.91. The van der Waals surface area contributed by atoms with Gasteiger partial charge in [0.25, 0.3) is 0 Å². The highest BCUT2D eigenvalue weighted by Crippen LogP contribution is 2.07. The summed E-state index contributed by atoms with van der Waals surface area (Å²) < 4.78 is 30.1. The fraction of sp³-hybridized carbons (Fsp3) is 0.800. The van der Waals surface area contributed by atoms with Crippen LogP contribution in [-0.2, 0) is 19.1 Å². The van der Waals surface area contributed by atoms with Gasteiger partial charge in [0.2, 0.25) is 0 Å². The Labute approximate surface area is 88.8 Å². The molecule has 0 aromatic carbocycles. The molecule has 2 atom stereocenters. The predicted octanol–water partition coefficient (Wildman–Crippen LogP) is 1.67. The van der Waals surface area contributed by atoms with Gasteiger partial charge >= 0.3 is 11.9 Å². The van der Waals surface area contributed by atoms with Crippen LogP contribution in [0.1, 0.15) is 44.6 Å². The highest BCUT2D eigenvalue weighted by Gasteiger charge is 2.10. The van der Waals surface area contributed by atoms with E-state index in [2.05, 4.69) is 0 Å². The first-order chi connectivity index (χ1) is 7.62. The maximum Gasteiger partial charge on any atom is 0.302 e. The second-order valence-electron chi connectivity index (χ2n) is 3.21. The van der Waals surface area contributed by atoms with Crippen LogP contribution in [0.5, 0.6) is 0 Å². The number of ether oxygens (including phenoxy) is 2. The first-order valence-electron chi connectivity index (χ1n) is 6.01. The number of rotatable bonds is 5. The topological polar surface area (TPSA) is 52.6 Å². The van der Waals surface area contributed by atoms with Crippen LogP contribution >= 0.6 is 0 Å². The number of esters is 2. The average Bonchev–Trinajstić information content (AvgIpc) is 2.12. The molecule has 4 heteroatoms. The Morgan fingerprint density at radius 2 is 1.57 bits per heavy atom. The van der Waals surface area contributed by atoms with Gasteiger partial charge in [0, 0.05) is 17.9 Å². The van der Waals surface area contributed by atoms with Crippen LogP contribution in [0.4, 0.5) is 0 Å². The summed E-state index contributed by atoms with van der Waals surface area (Å²) in [7, 11) is 0. The van der Waals surface area contributed by atoms with E-state index < -0.39 is 18.9 Å².